The number of likely N-dealkylation sites (N-methyl/N-ethyl adjacent to an activating group) is 1. The third kappa shape index (κ3) is 5.14. The number of amides is 1. The van der Waals surface area contributed by atoms with E-state index in [-0.39, 0.29) is 18.1 Å². The quantitative estimate of drug-likeness (QED) is 0.595. The normalized spacial score (nSPS) is 15.7. The first-order valence-electron chi connectivity index (χ1n) is 9.47. The number of carbonyl (C=O) groups is 1. The summed E-state index contributed by atoms with van der Waals surface area (Å²) < 4.78 is 14.7. The number of carbonyl (C=O) groups excluding carboxylic acids is 1. The Morgan fingerprint density at radius 1 is 1.32 bits per heavy atom. The monoisotopic (exact) mass is 403 g/mol. The molecule has 0 atom stereocenters. The average Bonchev–Trinajstić information content (AvgIpc) is 3.10. The highest BCUT2D eigenvalue weighted by atomic mass is 32.1. The molecule has 1 aliphatic rings. The van der Waals surface area contributed by atoms with Gasteiger partial charge in [-0.15, -0.1) is 11.3 Å². The Kier molecular flexibility index (Phi) is 6.74. The van der Waals surface area contributed by atoms with Crippen molar-refractivity contribution in [2.24, 2.45) is 5.10 Å². The van der Waals surface area contributed by atoms with Crippen molar-refractivity contribution in [3.05, 3.63) is 45.7 Å². The number of nitrogens with zero attached hydrogens (tertiary/aromatic N) is 4. The lowest BCUT2D eigenvalue weighted by atomic mass is 10.1. The topological polar surface area (TPSA) is 60.8 Å². The number of nitrogens with one attached hydrogen (secondary N) is 1. The third-order valence-corrected chi connectivity index (χ3v) is 5.70. The second-order valence-corrected chi connectivity index (χ2v) is 7.92. The zero-order valence-electron chi connectivity index (χ0n) is 16.5. The van der Waals surface area contributed by atoms with Crippen LogP contribution in [0.4, 0.5) is 10.1 Å². The number of rotatable bonds is 6. The maximum Gasteiger partial charge on any atom is 0.246 e. The van der Waals surface area contributed by atoms with Crippen molar-refractivity contribution in [1.29, 1.82) is 0 Å². The molecule has 0 radical (unpaired) electrons. The van der Waals surface area contributed by atoms with Gasteiger partial charge in [-0.3, -0.25) is 4.79 Å². The number of hydrogen-bond acceptors (Lipinski definition) is 6. The fourth-order valence-corrected chi connectivity index (χ4v) is 3.81. The molecule has 1 aliphatic heterocycles. The van der Waals surface area contributed by atoms with Crippen molar-refractivity contribution in [2.45, 2.75) is 27.2 Å². The molecule has 0 bridgehead atoms. The molecule has 1 aromatic carbocycles. The minimum atomic E-state index is -0.263. The number of aryl methyl sites for hydroxylation is 1. The number of piperazine rings is 1. The number of anilines is 1. The Morgan fingerprint density at radius 2 is 2.07 bits per heavy atom. The van der Waals surface area contributed by atoms with Gasteiger partial charge >= 0.3 is 0 Å². The predicted octanol–water partition coefficient (Wildman–Crippen LogP) is 2.82. The smallest absolute Gasteiger partial charge is 0.246 e. The van der Waals surface area contributed by atoms with E-state index in [4.69, 9.17) is 0 Å². The highest BCUT2D eigenvalue weighted by Gasteiger charge is 2.19. The van der Waals surface area contributed by atoms with Gasteiger partial charge in [0, 0.05) is 37.1 Å². The number of aromatic nitrogens is 1. The lowest BCUT2D eigenvalue weighted by molar-refractivity contribution is -0.120. The van der Waals surface area contributed by atoms with Gasteiger partial charge in [-0.25, -0.2) is 14.8 Å². The number of hydrazone groups is 1. The summed E-state index contributed by atoms with van der Waals surface area (Å²) in [5.41, 5.74) is 5.08. The molecule has 0 saturated carbocycles. The summed E-state index contributed by atoms with van der Waals surface area (Å²) in [6, 6.07) is 5.13. The maximum absolute atomic E-state index is 14.7. The van der Waals surface area contributed by atoms with Crippen LogP contribution in [-0.2, 0) is 11.2 Å². The van der Waals surface area contributed by atoms with Gasteiger partial charge in [0.05, 0.1) is 28.5 Å². The molecule has 150 valence electrons. The molecule has 6 nitrogen and oxygen atoms in total. The first-order valence-corrected chi connectivity index (χ1v) is 10.4. The fourth-order valence-electron chi connectivity index (χ4n) is 3.20. The van der Waals surface area contributed by atoms with E-state index in [0.29, 0.717) is 17.0 Å². The molecular weight excluding hydrogens is 377 g/mol. The van der Waals surface area contributed by atoms with Crippen molar-refractivity contribution >= 4 is 28.6 Å². The largest absolute Gasteiger partial charge is 0.367 e. The molecule has 3 rings (SSSR count). The Bertz CT molecular complexity index is 858. The summed E-state index contributed by atoms with van der Waals surface area (Å²) >= 11 is 1.51. The van der Waals surface area contributed by atoms with Gasteiger partial charge in [0.15, 0.2) is 0 Å². The summed E-state index contributed by atoms with van der Waals surface area (Å²) in [7, 11) is 0. The Hall–Kier alpha value is -2.32. The van der Waals surface area contributed by atoms with Crippen LogP contribution in [0.25, 0.3) is 0 Å². The number of thiazole rings is 1. The molecule has 1 saturated heterocycles. The van der Waals surface area contributed by atoms with Crippen LogP contribution in [-0.4, -0.2) is 54.2 Å². The minimum Gasteiger partial charge on any atom is -0.367 e. The molecular formula is C20H26FN5OS. The molecule has 1 fully saturated rings. The lowest BCUT2D eigenvalue weighted by Crippen LogP contribution is -2.46. The average molecular weight is 404 g/mol. The lowest BCUT2D eigenvalue weighted by Gasteiger charge is -2.35. The van der Waals surface area contributed by atoms with Crippen LogP contribution in [0.2, 0.25) is 0 Å². The summed E-state index contributed by atoms with van der Waals surface area (Å²) in [4.78, 5) is 20.7. The van der Waals surface area contributed by atoms with Crippen LogP contribution in [0, 0.1) is 12.7 Å². The van der Waals surface area contributed by atoms with E-state index < -0.39 is 0 Å². The van der Waals surface area contributed by atoms with Gasteiger partial charge in [0.1, 0.15) is 5.82 Å². The number of halogens is 1. The maximum atomic E-state index is 14.7. The van der Waals surface area contributed by atoms with Gasteiger partial charge in [0.2, 0.25) is 5.91 Å². The fraction of sp³-hybridized carbons (Fsp3) is 0.450. The Balaban J connectivity index is 1.60. The third-order valence-electron chi connectivity index (χ3n) is 4.88. The van der Waals surface area contributed by atoms with Crippen LogP contribution < -0.4 is 10.3 Å². The van der Waals surface area contributed by atoms with Gasteiger partial charge in [-0.05, 0) is 32.5 Å². The van der Waals surface area contributed by atoms with E-state index in [1.54, 1.807) is 13.0 Å². The standard InChI is InChI=1S/C20H26FN5OS/c1-4-25-7-9-26(10-8-25)19-6-5-16(11-18(19)21)14(2)23-24-20(27)12-17-13-28-15(3)22-17/h5-6,11,13H,4,7-10,12H2,1-3H3,(H,24,27)/b23-14-. The molecule has 1 N–H and O–H groups in total. The van der Waals surface area contributed by atoms with Crippen molar-refractivity contribution < 1.29 is 9.18 Å². The first kappa shape index (κ1) is 20.4. The van der Waals surface area contributed by atoms with E-state index in [9.17, 15) is 9.18 Å². The van der Waals surface area contributed by atoms with Crippen molar-refractivity contribution in [3.63, 3.8) is 0 Å². The second kappa shape index (κ2) is 9.25. The van der Waals surface area contributed by atoms with Gasteiger partial charge in [-0.1, -0.05) is 13.0 Å². The summed E-state index contributed by atoms with van der Waals surface area (Å²) in [5, 5.41) is 6.89. The molecule has 0 unspecified atom stereocenters. The molecule has 1 amide bonds. The van der Waals surface area contributed by atoms with Crippen LogP contribution in [0.15, 0.2) is 28.7 Å². The van der Waals surface area contributed by atoms with Crippen LogP contribution in [0.1, 0.15) is 30.1 Å². The highest BCUT2D eigenvalue weighted by molar-refractivity contribution is 7.09. The van der Waals surface area contributed by atoms with Gasteiger partial charge < -0.3 is 9.80 Å². The molecule has 1 aromatic heterocycles. The van der Waals surface area contributed by atoms with Crippen molar-refractivity contribution in [1.82, 2.24) is 15.3 Å². The van der Waals surface area contributed by atoms with E-state index in [1.807, 2.05) is 18.4 Å². The molecule has 2 heterocycles. The first-order chi connectivity index (χ1) is 13.5. The number of hydrogen-bond donors (Lipinski definition) is 1. The second-order valence-electron chi connectivity index (χ2n) is 6.85. The molecule has 8 heteroatoms. The zero-order chi connectivity index (χ0) is 20.1. The van der Waals surface area contributed by atoms with Gasteiger partial charge in [-0.2, -0.15) is 5.10 Å². The number of benzene rings is 1. The van der Waals surface area contributed by atoms with E-state index >= 15 is 0 Å². The van der Waals surface area contributed by atoms with Crippen molar-refractivity contribution in [3.8, 4) is 0 Å². The molecule has 0 aliphatic carbocycles. The van der Waals surface area contributed by atoms with E-state index in [1.165, 1.54) is 17.4 Å². The summed E-state index contributed by atoms with van der Waals surface area (Å²) in [6.07, 6.45) is 0.179. The SMILES string of the molecule is CCN1CCN(c2ccc(/C(C)=N\NC(=O)Cc3csc(C)n3)cc2F)CC1. The van der Waals surface area contributed by atoms with E-state index in [0.717, 1.165) is 43.4 Å². The highest BCUT2D eigenvalue weighted by Crippen LogP contribution is 2.22. The zero-order valence-corrected chi connectivity index (χ0v) is 17.4. The molecule has 0 spiro atoms. The van der Waals surface area contributed by atoms with E-state index in [2.05, 4.69) is 32.2 Å². The predicted molar refractivity (Wildman–Crippen MR) is 112 cm³/mol. The van der Waals surface area contributed by atoms with Crippen LogP contribution in [0.5, 0.6) is 0 Å². The molecule has 2 aromatic rings. The van der Waals surface area contributed by atoms with Gasteiger partial charge in [0.25, 0.3) is 0 Å². The minimum absolute atomic E-state index is 0.179. The van der Waals surface area contributed by atoms with Crippen molar-refractivity contribution in [2.75, 3.05) is 37.6 Å². The van der Waals surface area contributed by atoms with Crippen LogP contribution >= 0.6 is 11.3 Å². The molecule has 28 heavy (non-hydrogen) atoms. The Morgan fingerprint density at radius 3 is 2.68 bits per heavy atom. The summed E-state index contributed by atoms with van der Waals surface area (Å²) in [5.74, 6) is -0.503. The van der Waals surface area contributed by atoms with Crippen LogP contribution in [0.3, 0.4) is 0 Å². The summed E-state index contributed by atoms with van der Waals surface area (Å²) in [6.45, 7) is 10.4. The Labute approximate surface area is 169 Å².